The molecule has 0 aliphatic rings. The molecule has 0 heterocycles. The lowest BCUT2D eigenvalue weighted by Crippen LogP contribution is -2.35. The van der Waals surface area contributed by atoms with Crippen molar-refractivity contribution in [1.82, 2.24) is 10.9 Å². The zero-order chi connectivity index (χ0) is 15.7. The molecular formula is C4H16N8O6. The van der Waals surface area contributed by atoms with E-state index in [0.29, 0.717) is 0 Å². The first kappa shape index (κ1) is 24.3. The van der Waals surface area contributed by atoms with Crippen LogP contribution >= 0.6 is 0 Å². The third-order valence-electron chi connectivity index (χ3n) is 0.311. The summed E-state index contributed by atoms with van der Waals surface area (Å²) in [5, 5.41) is 40.5. The average Bonchev–Trinajstić information content (AvgIpc) is 2.16. The van der Waals surface area contributed by atoms with Crippen LogP contribution in [0.5, 0.6) is 0 Å². The van der Waals surface area contributed by atoms with E-state index in [1.165, 1.54) is 0 Å². The van der Waals surface area contributed by atoms with Gasteiger partial charge in [0.25, 0.3) is 0 Å². The minimum atomic E-state index is -1.83. The lowest BCUT2D eigenvalue weighted by atomic mass is 11.1. The maximum atomic E-state index is 8.56. The van der Waals surface area contributed by atoms with E-state index in [-0.39, 0.29) is 11.9 Å². The Morgan fingerprint density at radius 2 is 0.833 bits per heavy atom. The Balaban J connectivity index is -0.0000000731. The molecule has 14 heteroatoms. The fraction of sp³-hybridized carbons (Fsp3) is 0. The largest absolute Gasteiger partial charge is 0.503 e. The van der Waals surface area contributed by atoms with Crippen molar-refractivity contribution in [3.63, 3.8) is 0 Å². The molecule has 14 nitrogen and oxygen atoms in total. The number of hydrogen-bond acceptors (Lipinski definition) is 6. The van der Waals surface area contributed by atoms with Crippen LogP contribution in [-0.4, -0.2) is 44.7 Å². The molecule has 0 radical (unpaired) electrons. The van der Waals surface area contributed by atoms with Crippen molar-refractivity contribution in [1.29, 1.82) is 10.8 Å². The number of hydrazine groups is 2. The highest BCUT2D eigenvalue weighted by Crippen LogP contribution is 1.43. The first-order chi connectivity index (χ1) is 8.00. The number of nitrogens with one attached hydrogen (secondary N) is 4. The van der Waals surface area contributed by atoms with Crippen molar-refractivity contribution in [2.75, 3.05) is 0 Å². The van der Waals surface area contributed by atoms with Crippen LogP contribution in [0.15, 0.2) is 0 Å². The van der Waals surface area contributed by atoms with Crippen LogP contribution in [0, 0.1) is 10.8 Å². The third-order valence-corrected chi connectivity index (χ3v) is 0.311. The lowest BCUT2D eigenvalue weighted by molar-refractivity contribution is 0.135. The number of nitrogens with two attached hydrogens (primary N) is 4. The molecule has 0 saturated heterocycles. The highest BCUT2D eigenvalue weighted by Gasteiger charge is 1.70. The molecular weight excluding hydrogens is 256 g/mol. The van der Waals surface area contributed by atoms with Crippen LogP contribution in [0.25, 0.3) is 0 Å². The van der Waals surface area contributed by atoms with E-state index in [1.54, 1.807) is 0 Å². The van der Waals surface area contributed by atoms with Crippen molar-refractivity contribution in [3.05, 3.63) is 0 Å². The van der Waals surface area contributed by atoms with E-state index in [0.717, 1.165) is 0 Å². The van der Waals surface area contributed by atoms with Gasteiger partial charge in [-0.1, -0.05) is 0 Å². The topological polar surface area (TPSA) is 291 Å². The quantitative estimate of drug-likeness (QED) is 0.0915. The summed E-state index contributed by atoms with van der Waals surface area (Å²) < 4.78 is 0. The summed E-state index contributed by atoms with van der Waals surface area (Å²) in [5.41, 5.74) is 13.1. The second kappa shape index (κ2) is 19.6. The van der Waals surface area contributed by atoms with Gasteiger partial charge in [-0.05, 0) is 0 Å². The Hall–Kier alpha value is -3.00. The van der Waals surface area contributed by atoms with Crippen LogP contribution in [-0.2, 0) is 0 Å². The molecule has 18 heavy (non-hydrogen) atoms. The van der Waals surface area contributed by atoms with E-state index >= 15 is 0 Å². The minimum absolute atomic E-state index is 0.218. The van der Waals surface area contributed by atoms with Gasteiger partial charge in [-0.2, -0.15) is 0 Å². The van der Waals surface area contributed by atoms with Crippen molar-refractivity contribution < 1.29 is 30.0 Å². The van der Waals surface area contributed by atoms with Gasteiger partial charge >= 0.3 is 12.3 Å². The average molecular weight is 272 g/mol. The smallest absolute Gasteiger partial charge is 0.450 e. The fourth-order valence-electron chi connectivity index (χ4n) is 0. The molecule has 0 fully saturated rings. The van der Waals surface area contributed by atoms with Gasteiger partial charge in [0.1, 0.15) is 0 Å². The van der Waals surface area contributed by atoms with Crippen LogP contribution < -0.4 is 34.0 Å². The van der Waals surface area contributed by atoms with Gasteiger partial charge in [-0.25, -0.2) is 21.3 Å². The summed E-state index contributed by atoms with van der Waals surface area (Å²) in [6.07, 6.45) is -3.67. The van der Waals surface area contributed by atoms with Gasteiger partial charge in [-0.3, -0.25) is 21.7 Å². The van der Waals surface area contributed by atoms with Gasteiger partial charge in [0.15, 0.2) is 11.9 Å². The van der Waals surface area contributed by atoms with E-state index in [1.807, 2.05) is 10.9 Å². The van der Waals surface area contributed by atoms with Crippen molar-refractivity contribution in [2.24, 2.45) is 23.2 Å². The summed E-state index contributed by atoms with van der Waals surface area (Å²) in [6, 6.07) is 0. The molecule has 0 rings (SSSR count). The van der Waals surface area contributed by atoms with Crippen LogP contribution in [0.4, 0.5) is 9.59 Å². The van der Waals surface area contributed by atoms with Gasteiger partial charge in [0.05, 0.1) is 0 Å². The molecule has 0 bridgehead atoms. The number of hydrogen-bond donors (Lipinski definition) is 12. The monoisotopic (exact) mass is 272 g/mol. The lowest BCUT2D eigenvalue weighted by Gasteiger charge is -1.85. The maximum absolute atomic E-state index is 8.56. The maximum Gasteiger partial charge on any atom is 0.503 e. The van der Waals surface area contributed by atoms with Gasteiger partial charge in [-0.15, -0.1) is 0 Å². The van der Waals surface area contributed by atoms with E-state index in [9.17, 15) is 0 Å². The SMILES string of the molecule is N=C(N)NN.N=C(N)NN.O=C(O)O.O=C(O)O. The molecule has 0 spiro atoms. The normalized spacial score (nSPS) is 6.33. The Bertz CT molecular complexity index is 222. The molecule has 0 saturated carbocycles. The molecule has 0 atom stereocenters. The van der Waals surface area contributed by atoms with Gasteiger partial charge in [0.2, 0.25) is 0 Å². The third kappa shape index (κ3) is 1870. The molecule has 0 unspecified atom stereocenters. The van der Waals surface area contributed by atoms with E-state index in [4.69, 9.17) is 40.8 Å². The Morgan fingerprint density at radius 3 is 0.833 bits per heavy atom. The molecule has 108 valence electrons. The first-order valence-electron chi connectivity index (χ1n) is 3.46. The van der Waals surface area contributed by atoms with E-state index < -0.39 is 12.3 Å². The molecule has 0 amide bonds. The number of carbonyl (C=O) groups is 2. The highest BCUT2D eigenvalue weighted by molar-refractivity contribution is 5.73. The Labute approximate surface area is 100 Å². The molecule has 0 aliphatic carbocycles. The number of guanidine groups is 2. The van der Waals surface area contributed by atoms with Crippen molar-refractivity contribution in [3.8, 4) is 0 Å². The second-order valence-electron chi connectivity index (χ2n) is 1.68. The molecule has 0 aromatic carbocycles. The Morgan fingerprint density at radius 1 is 0.778 bits per heavy atom. The van der Waals surface area contributed by atoms with Crippen molar-refractivity contribution >= 4 is 24.2 Å². The first-order valence-corrected chi connectivity index (χ1v) is 3.46. The summed E-state index contributed by atoms with van der Waals surface area (Å²) in [7, 11) is 0. The standard InChI is InChI=1S/2CH6N4.2CH2O3/c2*2-1(3)5-4;2*2-1(3)4/h2*4H2,(H4,2,3,5);2*(H2,2,3,4). The fourth-order valence-corrected chi connectivity index (χ4v) is 0. The van der Waals surface area contributed by atoms with Crippen LogP contribution in [0.2, 0.25) is 0 Å². The summed E-state index contributed by atoms with van der Waals surface area (Å²) in [5.74, 6) is 8.71. The summed E-state index contributed by atoms with van der Waals surface area (Å²) in [4.78, 5) is 17.1. The number of carboxylic acid groups (broad SMARTS) is 4. The molecule has 0 aromatic rings. The molecule has 0 aromatic heterocycles. The second-order valence-corrected chi connectivity index (χ2v) is 1.68. The summed E-state index contributed by atoms with van der Waals surface area (Å²) >= 11 is 0. The van der Waals surface area contributed by atoms with E-state index in [2.05, 4.69) is 23.2 Å². The van der Waals surface area contributed by atoms with Crippen molar-refractivity contribution in [2.45, 2.75) is 0 Å². The predicted molar refractivity (Wildman–Crippen MR) is 59.8 cm³/mol. The molecule has 0 aliphatic heterocycles. The zero-order valence-corrected chi connectivity index (χ0v) is 8.91. The Kier molecular flexibility index (Phi) is 26.4. The van der Waals surface area contributed by atoms with Crippen LogP contribution in [0.3, 0.4) is 0 Å². The summed E-state index contributed by atoms with van der Waals surface area (Å²) in [6.45, 7) is 0. The molecule has 16 N–H and O–H groups in total. The highest BCUT2D eigenvalue weighted by atomic mass is 16.6. The number of rotatable bonds is 0. The van der Waals surface area contributed by atoms with Crippen LogP contribution in [0.1, 0.15) is 0 Å². The zero-order valence-electron chi connectivity index (χ0n) is 8.91. The minimum Gasteiger partial charge on any atom is -0.450 e. The van der Waals surface area contributed by atoms with Gasteiger partial charge in [0, 0.05) is 0 Å². The van der Waals surface area contributed by atoms with Gasteiger partial charge < -0.3 is 31.9 Å². The predicted octanol–water partition coefficient (Wildman–Crippen LogP) is -2.87.